The lowest BCUT2D eigenvalue weighted by atomic mass is 10.1. The fourth-order valence-electron chi connectivity index (χ4n) is 3.17. The molecule has 1 unspecified atom stereocenters. The molecular weight excluding hydrogens is 296 g/mol. The van der Waals surface area contributed by atoms with Gasteiger partial charge in [0.15, 0.2) is 0 Å². The van der Waals surface area contributed by atoms with Crippen LogP contribution in [0.2, 0.25) is 0 Å². The lowest BCUT2D eigenvalue weighted by molar-refractivity contribution is -0.144. The Kier molecular flexibility index (Phi) is 4.73. The Morgan fingerprint density at radius 3 is 2.57 bits per heavy atom. The topological polar surface area (TPSA) is 75.6 Å². The Labute approximate surface area is 135 Å². The smallest absolute Gasteiger partial charge is 0.316 e. The molecule has 1 atom stereocenters. The summed E-state index contributed by atoms with van der Waals surface area (Å²) in [6.45, 7) is 3.80. The molecule has 2 saturated heterocycles. The van der Waals surface area contributed by atoms with Crippen molar-refractivity contribution >= 4 is 11.8 Å². The maximum absolute atomic E-state index is 12.6. The summed E-state index contributed by atoms with van der Waals surface area (Å²) in [5.74, 6) is 0.125. The van der Waals surface area contributed by atoms with Gasteiger partial charge in [0.2, 0.25) is 11.8 Å². The third kappa shape index (κ3) is 3.60. The van der Waals surface area contributed by atoms with Crippen LogP contribution in [0.3, 0.4) is 0 Å². The number of aromatic nitrogens is 2. The summed E-state index contributed by atoms with van der Waals surface area (Å²) in [5.41, 5.74) is 0. The van der Waals surface area contributed by atoms with Gasteiger partial charge >= 0.3 is 6.01 Å². The summed E-state index contributed by atoms with van der Waals surface area (Å²) < 4.78 is 5.74. The van der Waals surface area contributed by atoms with Crippen LogP contribution in [0.15, 0.2) is 18.5 Å². The molecule has 3 heterocycles. The summed E-state index contributed by atoms with van der Waals surface area (Å²) >= 11 is 0. The van der Waals surface area contributed by atoms with Gasteiger partial charge in [-0.25, -0.2) is 9.97 Å². The molecule has 0 radical (unpaired) electrons. The van der Waals surface area contributed by atoms with E-state index in [1.54, 1.807) is 23.4 Å². The largest absolute Gasteiger partial charge is 0.460 e. The predicted molar refractivity (Wildman–Crippen MR) is 82.7 cm³/mol. The summed E-state index contributed by atoms with van der Waals surface area (Å²) in [6, 6.07) is 1.77. The molecule has 2 amide bonds. The zero-order chi connectivity index (χ0) is 16.2. The normalized spacial score (nSPS) is 20.7. The van der Waals surface area contributed by atoms with Gasteiger partial charge < -0.3 is 14.5 Å². The zero-order valence-electron chi connectivity index (χ0n) is 13.4. The highest BCUT2D eigenvalue weighted by molar-refractivity contribution is 5.88. The van der Waals surface area contributed by atoms with Crippen LogP contribution >= 0.6 is 0 Å². The van der Waals surface area contributed by atoms with E-state index in [9.17, 15) is 9.59 Å². The minimum Gasteiger partial charge on any atom is -0.460 e. The van der Waals surface area contributed by atoms with Gasteiger partial charge in [-0.1, -0.05) is 0 Å². The SMILES string of the molecule is CC(C(=O)N1CCC(Oc2ncccn2)CC1)N1CCCC1=O. The Balaban J connectivity index is 1.50. The molecule has 2 aliphatic heterocycles. The highest BCUT2D eigenvalue weighted by Crippen LogP contribution is 2.19. The van der Waals surface area contributed by atoms with Gasteiger partial charge in [0, 0.05) is 51.3 Å². The van der Waals surface area contributed by atoms with Crippen LogP contribution in [0.5, 0.6) is 6.01 Å². The van der Waals surface area contributed by atoms with Crippen LogP contribution < -0.4 is 4.74 Å². The standard InChI is InChI=1S/C16H22N4O3/c1-12(20-9-2-4-14(20)21)15(22)19-10-5-13(6-11-19)23-16-17-7-3-8-18-16/h3,7-8,12-13H,2,4-6,9-11H2,1H3. The molecule has 1 aromatic heterocycles. The number of hydrogen-bond acceptors (Lipinski definition) is 5. The summed E-state index contributed by atoms with van der Waals surface area (Å²) in [6.07, 6.45) is 6.25. The quantitative estimate of drug-likeness (QED) is 0.823. The van der Waals surface area contributed by atoms with Gasteiger partial charge in [-0.3, -0.25) is 9.59 Å². The van der Waals surface area contributed by atoms with E-state index < -0.39 is 0 Å². The predicted octanol–water partition coefficient (Wildman–Crippen LogP) is 0.857. The molecule has 7 nitrogen and oxygen atoms in total. The minimum absolute atomic E-state index is 0.0326. The van der Waals surface area contributed by atoms with Crippen molar-refractivity contribution in [3.05, 3.63) is 18.5 Å². The van der Waals surface area contributed by atoms with Crippen molar-refractivity contribution in [1.82, 2.24) is 19.8 Å². The molecule has 2 fully saturated rings. The molecule has 0 spiro atoms. The molecule has 0 N–H and O–H groups in total. The molecule has 0 saturated carbocycles. The number of rotatable bonds is 4. The first-order valence-electron chi connectivity index (χ1n) is 8.17. The lowest BCUT2D eigenvalue weighted by Gasteiger charge is -2.35. The van der Waals surface area contributed by atoms with Gasteiger partial charge in [0.25, 0.3) is 0 Å². The number of amides is 2. The number of hydrogen-bond donors (Lipinski definition) is 0. The first kappa shape index (κ1) is 15.7. The molecule has 0 aliphatic carbocycles. The Morgan fingerprint density at radius 2 is 1.96 bits per heavy atom. The van der Waals surface area contributed by atoms with Crippen LogP contribution in [0, 0.1) is 0 Å². The number of ether oxygens (including phenoxy) is 1. The highest BCUT2D eigenvalue weighted by Gasteiger charge is 2.33. The second-order valence-electron chi connectivity index (χ2n) is 6.04. The minimum atomic E-state index is -0.361. The average molecular weight is 318 g/mol. The maximum atomic E-state index is 12.6. The number of nitrogens with zero attached hydrogens (tertiary/aromatic N) is 4. The third-order valence-corrected chi connectivity index (χ3v) is 4.50. The Hall–Kier alpha value is -2.18. The van der Waals surface area contributed by atoms with Gasteiger partial charge in [0.05, 0.1) is 0 Å². The molecule has 7 heteroatoms. The first-order chi connectivity index (χ1) is 11.1. The van der Waals surface area contributed by atoms with Crippen molar-refractivity contribution < 1.29 is 14.3 Å². The van der Waals surface area contributed by atoms with Crippen LogP contribution in [0.1, 0.15) is 32.6 Å². The van der Waals surface area contributed by atoms with Gasteiger partial charge in [-0.05, 0) is 19.4 Å². The fraction of sp³-hybridized carbons (Fsp3) is 0.625. The molecule has 2 aliphatic rings. The molecule has 0 aromatic carbocycles. The van der Waals surface area contributed by atoms with Crippen molar-refractivity contribution in [1.29, 1.82) is 0 Å². The van der Waals surface area contributed by atoms with Crippen LogP contribution in [0.25, 0.3) is 0 Å². The molecule has 1 aromatic rings. The van der Waals surface area contributed by atoms with Crippen molar-refractivity contribution in [3.63, 3.8) is 0 Å². The van der Waals surface area contributed by atoms with Crippen molar-refractivity contribution in [2.45, 2.75) is 44.8 Å². The van der Waals surface area contributed by atoms with E-state index in [4.69, 9.17) is 4.74 Å². The van der Waals surface area contributed by atoms with Crippen molar-refractivity contribution in [2.24, 2.45) is 0 Å². The summed E-state index contributed by atoms with van der Waals surface area (Å²) in [4.78, 5) is 36.0. The zero-order valence-corrected chi connectivity index (χ0v) is 13.4. The van der Waals surface area contributed by atoms with Crippen LogP contribution in [0.4, 0.5) is 0 Å². The summed E-state index contributed by atoms with van der Waals surface area (Å²) in [5, 5.41) is 0. The molecule has 124 valence electrons. The van der Waals surface area contributed by atoms with E-state index in [1.807, 2.05) is 11.8 Å². The number of likely N-dealkylation sites (tertiary alicyclic amines) is 2. The first-order valence-corrected chi connectivity index (χ1v) is 8.17. The van der Waals surface area contributed by atoms with Crippen molar-refractivity contribution in [2.75, 3.05) is 19.6 Å². The van der Waals surface area contributed by atoms with Crippen LogP contribution in [-0.4, -0.2) is 63.4 Å². The highest BCUT2D eigenvalue weighted by atomic mass is 16.5. The molecule has 0 bridgehead atoms. The van der Waals surface area contributed by atoms with Crippen molar-refractivity contribution in [3.8, 4) is 6.01 Å². The van der Waals surface area contributed by atoms with E-state index in [1.165, 1.54) is 0 Å². The van der Waals surface area contributed by atoms with E-state index in [2.05, 4.69) is 9.97 Å². The maximum Gasteiger partial charge on any atom is 0.316 e. The Bertz CT molecular complexity index is 558. The van der Waals surface area contributed by atoms with Gasteiger partial charge in [0.1, 0.15) is 12.1 Å². The van der Waals surface area contributed by atoms with Crippen LogP contribution in [-0.2, 0) is 9.59 Å². The fourth-order valence-corrected chi connectivity index (χ4v) is 3.17. The molecule has 3 rings (SSSR count). The van der Waals surface area contributed by atoms with E-state index in [0.29, 0.717) is 32.1 Å². The number of carbonyl (C=O) groups is 2. The van der Waals surface area contributed by atoms with E-state index in [-0.39, 0.29) is 24.0 Å². The second kappa shape index (κ2) is 6.93. The van der Waals surface area contributed by atoms with E-state index in [0.717, 1.165) is 19.3 Å². The van der Waals surface area contributed by atoms with E-state index >= 15 is 0 Å². The van der Waals surface area contributed by atoms with Gasteiger partial charge in [-0.2, -0.15) is 0 Å². The third-order valence-electron chi connectivity index (χ3n) is 4.50. The Morgan fingerprint density at radius 1 is 1.26 bits per heavy atom. The monoisotopic (exact) mass is 318 g/mol. The molecule has 23 heavy (non-hydrogen) atoms. The lowest BCUT2D eigenvalue weighted by Crippen LogP contribution is -2.51. The summed E-state index contributed by atoms with van der Waals surface area (Å²) in [7, 11) is 0. The molecular formula is C16H22N4O3. The average Bonchev–Trinajstić information content (AvgIpc) is 3.01. The second-order valence-corrected chi connectivity index (χ2v) is 6.04. The number of carbonyl (C=O) groups excluding carboxylic acids is 2. The van der Waals surface area contributed by atoms with Gasteiger partial charge in [-0.15, -0.1) is 0 Å². The number of piperidine rings is 1.